The van der Waals surface area contributed by atoms with Gasteiger partial charge < -0.3 is 0 Å². The third kappa shape index (κ3) is 2.61. The number of nitro groups is 1. The van der Waals surface area contributed by atoms with Crippen LogP contribution in [0.25, 0.3) is 0 Å². The lowest BCUT2D eigenvalue weighted by Gasteiger charge is -2.32. The van der Waals surface area contributed by atoms with E-state index in [4.69, 9.17) is 11.6 Å². The van der Waals surface area contributed by atoms with Gasteiger partial charge in [-0.25, -0.2) is 0 Å². The lowest BCUT2D eigenvalue weighted by molar-refractivity contribution is -0.384. The van der Waals surface area contributed by atoms with E-state index in [1.165, 1.54) is 12.1 Å². The zero-order chi connectivity index (χ0) is 17.4. The summed E-state index contributed by atoms with van der Waals surface area (Å²) in [5.74, 6) is -1.19. The van der Waals surface area contributed by atoms with E-state index in [-0.39, 0.29) is 16.5 Å². The van der Waals surface area contributed by atoms with Gasteiger partial charge in [0.05, 0.1) is 16.9 Å². The fourth-order valence-corrected chi connectivity index (χ4v) is 3.58. The molecule has 122 valence electrons. The maximum atomic E-state index is 12.5. The van der Waals surface area contributed by atoms with Crippen molar-refractivity contribution in [3.05, 3.63) is 50.2 Å². The van der Waals surface area contributed by atoms with E-state index < -0.39 is 16.8 Å². The first-order valence-electron chi connectivity index (χ1n) is 7.59. The lowest BCUT2D eigenvalue weighted by atomic mass is 9.72. The summed E-state index contributed by atoms with van der Waals surface area (Å²) in [6.07, 6.45) is 1.83. The number of aliphatic imine (C=N–C) groups is 1. The second-order valence-electron chi connectivity index (χ2n) is 5.94. The third-order valence-corrected chi connectivity index (χ3v) is 4.82. The van der Waals surface area contributed by atoms with Crippen molar-refractivity contribution >= 4 is 28.8 Å². The Morgan fingerprint density at radius 2 is 2.17 bits per heavy atom. The maximum absolute atomic E-state index is 12.5. The van der Waals surface area contributed by atoms with Gasteiger partial charge in [0.1, 0.15) is 5.02 Å². The van der Waals surface area contributed by atoms with Crippen LogP contribution in [0.15, 0.2) is 34.5 Å². The van der Waals surface area contributed by atoms with E-state index in [0.29, 0.717) is 35.4 Å². The van der Waals surface area contributed by atoms with Crippen LogP contribution in [-0.2, 0) is 4.79 Å². The second kappa shape index (κ2) is 6.17. The molecule has 0 saturated heterocycles. The molecule has 2 aliphatic rings. The second-order valence-corrected chi connectivity index (χ2v) is 6.35. The van der Waals surface area contributed by atoms with Crippen LogP contribution in [0.2, 0.25) is 5.02 Å². The molecule has 1 aliphatic carbocycles. The number of hydrogen-bond acceptors (Lipinski definition) is 5. The van der Waals surface area contributed by atoms with Crippen molar-refractivity contribution in [2.24, 2.45) is 10.9 Å². The van der Waals surface area contributed by atoms with E-state index in [1.807, 2.05) is 0 Å². The summed E-state index contributed by atoms with van der Waals surface area (Å²) in [5.41, 5.74) is 2.19. The predicted octanol–water partition coefficient (Wildman–Crippen LogP) is 3.95. The Bertz CT molecular complexity index is 851. The number of allylic oxidation sites excluding steroid dienone is 2. The number of rotatable bonds is 2. The summed E-state index contributed by atoms with van der Waals surface area (Å²) in [6, 6.07) is 6.65. The molecule has 3 rings (SSSR count). The van der Waals surface area contributed by atoms with Crippen molar-refractivity contribution in [2.45, 2.75) is 32.1 Å². The standard InChI is InChI=1S/C17H14ClN3O3/c1-9-11(8-19)16(17-13(20-9)3-2-4-15(17)22)10-5-6-12(18)14(7-10)21(23)24/h5-7,11,16H,2-4H2,1H3/t11?,16-/m0/s1. The van der Waals surface area contributed by atoms with Crippen LogP contribution in [0.3, 0.4) is 0 Å². The molecule has 0 radical (unpaired) electrons. The predicted molar refractivity (Wildman–Crippen MR) is 88.9 cm³/mol. The van der Waals surface area contributed by atoms with E-state index in [0.717, 1.165) is 6.42 Å². The Labute approximate surface area is 143 Å². The van der Waals surface area contributed by atoms with Crippen molar-refractivity contribution in [3.8, 4) is 6.07 Å². The molecule has 1 heterocycles. The highest BCUT2D eigenvalue weighted by molar-refractivity contribution is 6.32. The van der Waals surface area contributed by atoms with Crippen LogP contribution < -0.4 is 0 Å². The zero-order valence-corrected chi connectivity index (χ0v) is 13.7. The van der Waals surface area contributed by atoms with Crippen LogP contribution in [0.4, 0.5) is 5.69 Å². The van der Waals surface area contributed by atoms with Crippen molar-refractivity contribution in [3.63, 3.8) is 0 Å². The maximum Gasteiger partial charge on any atom is 0.288 e. The van der Waals surface area contributed by atoms with E-state index in [1.54, 1.807) is 13.0 Å². The average Bonchev–Trinajstić information content (AvgIpc) is 2.54. The number of Topliss-reactive ketones (excluding diaryl/α,β-unsaturated/α-hetero) is 1. The minimum Gasteiger partial charge on any atom is -0.294 e. The van der Waals surface area contributed by atoms with Crippen molar-refractivity contribution in [1.82, 2.24) is 0 Å². The number of nitro benzene ring substituents is 1. The first kappa shape index (κ1) is 16.3. The third-order valence-electron chi connectivity index (χ3n) is 4.50. The SMILES string of the molecule is CC1=NC2=C(C(=O)CCC2)[C@@H](c2ccc(Cl)c([N+](=O)[O-])c2)C1C#N. The molecular formula is C17H14ClN3O3. The number of carbonyl (C=O) groups is 1. The van der Waals surface area contributed by atoms with Gasteiger partial charge in [0, 0.05) is 35.4 Å². The smallest absolute Gasteiger partial charge is 0.288 e. The van der Waals surface area contributed by atoms with Crippen LogP contribution in [0.5, 0.6) is 0 Å². The molecule has 0 spiro atoms. The summed E-state index contributed by atoms with van der Waals surface area (Å²) < 4.78 is 0. The molecule has 6 nitrogen and oxygen atoms in total. The fraction of sp³-hybridized carbons (Fsp3) is 0.353. The quantitative estimate of drug-likeness (QED) is 0.599. The number of halogens is 1. The van der Waals surface area contributed by atoms with Gasteiger partial charge >= 0.3 is 0 Å². The molecule has 0 amide bonds. The molecule has 0 aromatic heterocycles. The van der Waals surface area contributed by atoms with Gasteiger partial charge in [-0.05, 0) is 31.4 Å². The summed E-state index contributed by atoms with van der Waals surface area (Å²) in [7, 11) is 0. The molecule has 0 N–H and O–H groups in total. The molecule has 24 heavy (non-hydrogen) atoms. The first-order chi connectivity index (χ1) is 11.4. The van der Waals surface area contributed by atoms with E-state index in [2.05, 4.69) is 11.1 Å². The van der Waals surface area contributed by atoms with Gasteiger partial charge in [0.25, 0.3) is 5.69 Å². The summed E-state index contributed by atoms with van der Waals surface area (Å²) >= 11 is 5.89. The number of nitriles is 1. The van der Waals surface area contributed by atoms with Crippen molar-refractivity contribution in [1.29, 1.82) is 5.26 Å². The fourth-order valence-electron chi connectivity index (χ4n) is 3.40. The van der Waals surface area contributed by atoms with Crippen LogP contribution in [0.1, 0.15) is 37.7 Å². The average molecular weight is 344 g/mol. The Hall–Kier alpha value is -2.52. The minimum absolute atomic E-state index is 0.0302. The molecule has 0 fully saturated rings. The number of carbonyl (C=O) groups excluding carboxylic acids is 1. The van der Waals surface area contributed by atoms with E-state index in [9.17, 15) is 20.2 Å². The zero-order valence-electron chi connectivity index (χ0n) is 13.0. The largest absolute Gasteiger partial charge is 0.294 e. The number of hydrogen-bond donors (Lipinski definition) is 0. The highest BCUT2D eigenvalue weighted by atomic mass is 35.5. The topological polar surface area (TPSA) is 96.4 Å². The molecular weight excluding hydrogens is 330 g/mol. The van der Waals surface area contributed by atoms with Gasteiger partial charge in [0.15, 0.2) is 5.78 Å². The number of nitrogens with zero attached hydrogens (tertiary/aromatic N) is 3. The first-order valence-corrected chi connectivity index (χ1v) is 7.96. The normalized spacial score (nSPS) is 23.4. The molecule has 1 aromatic rings. The summed E-state index contributed by atoms with van der Waals surface area (Å²) in [6.45, 7) is 1.76. The highest BCUT2D eigenvalue weighted by Gasteiger charge is 2.39. The van der Waals surface area contributed by atoms with Gasteiger partial charge in [-0.3, -0.25) is 19.9 Å². The van der Waals surface area contributed by atoms with Gasteiger partial charge in [0.2, 0.25) is 0 Å². The van der Waals surface area contributed by atoms with Crippen molar-refractivity contribution in [2.75, 3.05) is 0 Å². The van der Waals surface area contributed by atoms with Gasteiger partial charge in [-0.2, -0.15) is 5.26 Å². The van der Waals surface area contributed by atoms with Crippen LogP contribution >= 0.6 is 11.6 Å². The molecule has 1 aliphatic heterocycles. The van der Waals surface area contributed by atoms with Crippen LogP contribution in [-0.4, -0.2) is 16.4 Å². The molecule has 1 aromatic carbocycles. The Kier molecular flexibility index (Phi) is 4.20. The molecule has 0 bridgehead atoms. The number of benzene rings is 1. The Morgan fingerprint density at radius 3 is 2.83 bits per heavy atom. The van der Waals surface area contributed by atoms with E-state index >= 15 is 0 Å². The number of ketones is 1. The van der Waals surface area contributed by atoms with Crippen molar-refractivity contribution < 1.29 is 9.72 Å². The molecule has 2 atom stereocenters. The minimum atomic E-state index is -0.619. The summed E-state index contributed by atoms with van der Waals surface area (Å²) in [5, 5.41) is 20.8. The highest BCUT2D eigenvalue weighted by Crippen LogP contribution is 2.44. The molecule has 7 heteroatoms. The monoisotopic (exact) mass is 343 g/mol. The summed E-state index contributed by atoms with van der Waals surface area (Å²) in [4.78, 5) is 27.5. The van der Waals surface area contributed by atoms with Gasteiger partial charge in [-0.1, -0.05) is 17.7 Å². The van der Waals surface area contributed by atoms with Crippen LogP contribution in [0, 0.1) is 27.4 Å². The lowest BCUT2D eigenvalue weighted by Crippen LogP contribution is -2.30. The van der Waals surface area contributed by atoms with Gasteiger partial charge in [-0.15, -0.1) is 0 Å². The molecule has 1 unspecified atom stereocenters. The molecule has 0 saturated carbocycles. The Balaban J connectivity index is 2.20. The Morgan fingerprint density at radius 1 is 1.42 bits per heavy atom.